The lowest BCUT2D eigenvalue weighted by molar-refractivity contribution is -0.135. The van der Waals surface area contributed by atoms with Gasteiger partial charge in [0.05, 0.1) is 11.7 Å². The van der Waals surface area contributed by atoms with Crippen molar-refractivity contribution in [2.24, 2.45) is 7.05 Å². The molecule has 170 valence electrons. The van der Waals surface area contributed by atoms with Crippen LogP contribution in [0.2, 0.25) is 0 Å². The number of carbonyl (C=O) groups excluding carboxylic acids is 1. The maximum atomic E-state index is 13.7. The molecule has 0 radical (unpaired) electrons. The van der Waals surface area contributed by atoms with Crippen molar-refractivity contribution in [3.8, 4) is 0 Å². The van der Waals surface area contributed by atoms with E-state index in [2.05, 4.69) is 10.00 Å². The quantitative estimate of drug-likeness (QED) is 0.482. The van der Waals surface area contributed by atoms with E-state index < -0.39 is 6.04 Å². The number of hydrogen-bond acceptors (Lipinski definition) is 4. The summed E-state index contributed by atoms with van der Waals surface area (Å²) in [7, 11) is 1.63. The summed E-state index contributed by atoms with van der Waals surface area (Å²) in [5.74, 6) is -0.247. The first-order valence-electron chi connectivity index (χ1n) is 11.2. The number of nitrogens with zero attached hydrogens (tertiary/aromatic N) is 5. The number of amides is 1. The normalized spacial score (nSPS) is 15.4. The summed E-state index contributed by atoms with van der Waals surface area (Å²) < 4.78 is 16.5. The predicted octanol–water partition coefficient (Wildman–Crippen LogP) is 3.33. The second kappa shape index (κ2) is 8.35. The van der Waals surface area contributed by atoms with Crippen molar-refractivity contribution in [2.45, 2.75) is 19.4 Å². The number of aryl methyl sites for hydroxylation is 1. The number of piperazine rings is 1. The largest absolute Gasteiger partial charge is 0.368 e. The first kappa shape index (κ1) is 21.2. The Morgan fingerprint density at radius 1 is 1.03 bits per heavy atom. The Hall–Kier alpha value is -3.68. The lowest BCUT2D eigenvalue weighted by atomic mass is 10.1. The molecule has 8 heteroatoms. The second-order valence-electron chi connectivity index (χ2n) is 8.44. The van der Waals surface area contributed by atoms with Crippen LogP contribution in [0.3, 0.4) is 0 Å². The first-order valence-corrected chi connectivity index (χ1v) is 11.2. The van der Waals surface area contributed by atoms with E-state index in [4.69, 9.17) is 0 Å². The fourth-order valence-electron chi connectivity index (χ4n) is 4.83. The molecule has 0 bridgehead atoms. The van der Waals surface area contributed by atoms with E-state index in [1.807, 2.05) is 40.7 Å². The third kappa shape index (κ3) is 3.55. The standard InChI is InChI=1S/C25H26FN5O2/c1-3-21(24(32)30-14-12-29(13-15-30)18-10-8-17(26)9-11-18)31-22-7-5-4-6-19(22)20-16-27-28(2)25(33)23(20)31/h4-11,16,21H,3,12-15H2,1-2H3/t21-/m1/s1. The summed E-state index contributed by atoms with van der Waals surface area (Å²) in [5.41, 5.74) is 2.12. The van der Waals surface area contributed by atoms with E-state index >= 15 is 0 Å². The lowest BCUT2D eigenvalue weighted by Crippen LogP contribution is -2.50. The van der Waals surface area contributed by atoms with E-state index in [9.17, 15) is 14.0 Å². The molecule has 4 aromatic rings. The number of carbonyl (C=O) groups is 1. The van der Waals surface area contributed by atoms with Gasteiger partial charge < -0.3 is 14.4 Å². The number of rotatable bonds is 4. The minimum Gasteiger partial charge on any atom is -0.368 e. The van der Waals surface area contributed by atoms with Gasteiger partial charge in [-0.25, -0.2) is 9.07 Å². The number of aromatic nitrogens is 3. The van der Waals surface area contributed by atoms with Crippen LogP contribution >= 0.6 is 0 Å². The smallest absolute Gasteiger partial charge is 0.291 e. The highest BCUT2D eigenvalue weighted by molar-refractivity contribution is 6.08. The Balaban J connectivity index is 1.48. The summed E-state index contributed by atoms with van der Waals surface area (Å²) in [4.78, 5) is 30.8. The Labute approximate surface area is 190 Å². The molecule has 0 aliphatic carbocycles. The van der Waals surface area contributed by atoms with Crippen LogP contribution in [0.25, 0.3) is 21.8 Å². The van der Waals surface area contributed by atoms with Crippen LogP contribution in [-0.2, 0) is 11.8 Å². The highest BCUT2D eigenvalue weighted by Crippen LogP contribution is 2.32. The van der Waals surface area contributed by atoms with Gasteiger partial charge in [-0.3, -0.25) is 9.59 Å². The van der Waals surface area contributed by atoms with Crippen molar-refractivity contribution in [1.29, 1.82) is 0 Å². The lowest BCUT2D eigenvalue weighted by Gasteiger charge is -2.38. The van der Waals surface area contributed by atoms with Crippen LogP contribution in [-0.4, -0.2) is 51.3 Å². The van der Waals surface area contributed by atoms with Gasteiger partial charge in [-0.2, -0.15) is 5.10 Å². The van der Waals surface area contributed by atoms with E-state index in [-0.39, 0.29) is 17.3 Å². The molecular weight excluding hydrogens is 421 g/mol. The van der Waals surface area contributed by atoms with E-state index in [1.54, 1.807) is 25.4 Å². The Morgan fingerprint density at radius 3 is 2.42 bits per heavy atom. The number of halogens is 1. The van der Waals surface area contributed by atoms with Crippen molar-refractivity contribution in [1.82, 2.24) is 19.2 Å². The van der Waals surface area contributed by atoms with Crippen LogP contribution < -0.4 is 10.5 Å². The molecule has 1 fully saturated rings. The van der Waals surface area contributed by atoms with Crippen molar-refractivity contribution in [3.63, 3.8) is 0 Å². The number of anilines is 1. The van der Waals surface area contributed by atoms with Crippen molar-refractivity contribution < 1.29 is 9.18 Å². The Bertz CT molecular complexity index is 1380. The van der Waals surface area contributed by atoms with Gasteiger partial charge in [0.1, 0.15) is 17.4 Å². The van der Waals surface area contributed by atoms with Crippen molar-refractivity contribution >= 4 is 33.4 Å². The number of benzene rings is 2. The summed E-state index contributed by atoms with van der Waals surface area (Å²) in [5, 5.41) is 5.89. The fraction of sp³-hybridized carbons (Fsp3) is 0.320. The van der Waals surface area contributed by atoms with Crippen LogP contribution in [0, 0.1) is 5.82 Å². The molecule has 1 aliphatic rings. The highest BCUT2D eigenvalue weighted by atomic mass is 19.1. The van der Waals surface area contributed by atoms with E-state index in [0.717, 1.165) is 22.0 Å². The summed E-state index contributed by atoms with van der Waals surface area (Å²) in [6.45, 7) is 4.47. The van der Waals surface area contributed by atoms with Crippen LogP contribution in [0.1, 0.15) is 19.4 Å². The van der Waals surface area contributed by atoms with Crippen molar-refractivity contribution in [3.05, 3.63) is 70.9 Å². The third-order valence-corrected chi connectivity index (χ3v) is 6.57. The van der Waals surface area contributed by atoms with Crippen LogP contribution in [0.5, 0.6) is 0 Å². The number of para-hydroxylation sites is 1. The van der Waals surface area contributed by atoms with Gasteiger partial charge in [-0.15, -0.1) is 0 Å². The molecule has 0 N–H and O–H groups in total. The molecule has 1 aliphatic heterocycles. The third-order valence-electron chi connectivity index (χ3n) is 6.57. The molecule has 1 atom stereocenters. The molecule has 5 rings (SSSR count). The second-order valence-corrected chi connectivity index (χ2v) is 8.44. The molecule has 0 unspecified atom stereocenters. The minimum atomic E-state index is -0.486. The van der Waals surface area contributed by atoms with Gasteiger partial charge in [0.2, 0.25) is 5.91 Å². The molecule has 2 aromatic carbocycles. The molecule has 7 nitrogen and oxygen atoms in total. The monoisotopic (exact) mass is 447 g/mol. The summed E-state index contributed by atoms with van der Waals surface area (Å²) >= 11 is 0. The van der Waals surface area contributed by atoms with E-state index in [0.29, 0.717) is 38.1 Å². The molecule has 3 heterocycles. The molecular formula is C25H26FN5O2. The van der Waals surface area contributed by atoms with Gasteiger partial charge in [0, 0.05) is 49.7 Å². The van der Waals surface area contributed by atoms with Crippen LogP contribution in [0.15, 0.2) is 59.5 Å². The Kier molecular flexibility index (Phi) is 5.36. The number of fused-ring (bicyclic) bond motifs is 3. The minimum absolute atomic E-state index is 0.0118. The maximum absolute atomic E-state index is 13.7. The molecule has 0 saturated carbocycles. The maximum Gasteiger partial charge on any atom is 0.291 e. The van der Waals surface area contributed by atoms with Gasteiger partial charge in [-0.05, 0) is 36.8 Å². The van der Waals surface area contributed by atoms with E-state index in [1.165, 1.54) is 16.8 Å². The summed E-state index contributed by atoms with van der Waals surface area (Å²) in [6.07, 6.45) is 2.27. The zero-order chi connectivity index (χ0) is 23.1. The average Bonchev–Trinajstić information content (AvgIpc) is 3.17. The Morgan fingerprint density at radius 2 is 1.73 bits per heavy atom. The topological polar surface area (TPSA) is 63.4 Å². The molecule has 0 spiro atoms. The first-order chi connectivity index (χ1) is 16.0. The van der Waals surface area contributed by atoms with Gasteiger partial charge >= 0.3 is 0 Å². The fourth-order valence-corrected chi connectivity index (χ4v) is 4.83. The van der Waals surface area contributed by atoms with Crippen molar-refractivity contribution in [2.75, 3.05) is 31.1 Å². The highest BCUT2D eigenvalue weighted by Gasteiger charge is 2.30. The molecule has 1 amide bonds. The summed E-state index contributed by atoms with van der Waals surface area (Å²) in [6, 6.07) is 13.7. The molecule has 1 saturated heterocycles. The van der Waals surface area contributed by atoms with Crippen LogP contribution in [0.4, 0.5) is 10.1 Å². The van der Waals surface area contributed by atoms with Gasteiger partial charge in [0.25, 0.3) is 5.56 Å². The van der Waals surface area contributed by atoms with Gasteiger partial charge in [-0.1, -0.05) is 25.1 Å². The molecule has 33 heavy (non-hydrogen) atoms. The predicted molar refractivity (Wildman–Crippen MR) is 127 cm³/mol. The zero-order valence-corrected chi connectivity index (χ0v) is 18.7. The van der Waals surface area contributed by atoms with Gasteiger partial charge in [0.15, 0.2) is 0 Å². The molecule has 2 aromatic heterocycles. The number of hydrogen-bond donors (Lipinski definition) is 0. The average molecular weight is 448 g/mol. The SMILES string of the molecule is CC[C@H](C(=O)N1CCN(c2ccc(F)cc2)CC1)n1c2ccccc2c2cnn(C)c(=O)c21. The zero-order valence-electron chi connectivity index (χ0n) is 18.7.